The second kappa shape index (κ2) is 7.53. The van der Waals surface area contributed by atoms with Crippen LogP contribution in [0.1, 0.15) is 43.0 Å². The predicted octanol–water partition coefficient (Wildman–Crippen LogP) is 3.61. The number of hydrogen-bond acceptors (Lipinski definition) is 2. The van der Waals surface area contributed by atoms with E-state index in [1.165, 1.54) is 0 Å². The maximum absolute atomic E-state index is 12.2. The van der Waals surface area contributed by atoms with Gasteiger partial charge in [0.25, 0.3) is 5.91 Å². The quantitative estimate of drug-likeness (QED) is 0.843. The number of carbonyl (C=O) groups excluding carboxylic acids is 1. The van der Waals surface area contributed by atoms with Crippen LogP contribution in [0.4, 0.5) is 0 Å². The van der Waals surface area contributed by atoms with E-state index in [1.54, 1.807) is 6.07 Å². The minimum absolute atomic E-state index is 0.0641. The molecule has 0 spiro atoms. The summed E-state index contributed by atoms with van der Waals surface area (Å²) in [5.74, 6) is 1.08. The summed E-state index contributed by atoms with van der Waals surface area (Å²) >= 11 is 6.18. The van der Waals surface area contributed by atoms with Crippen LogP contribution in [-0.4, -0.2) is 24.4 Å². The lowest BCUT2D eigenvalue weighted by Gasteiger charge is -2.25. The summed E-state index contributed by atoms with van der Waals surface area (Å²) in [5, 5.41) is 3.28. The van der Waals surface area contributed by atoms with E-state index in [4.69, 9.17) is 16.3 Å². The zero-order valence-corrected chi connectivity index (χ0v) is 12.7. The second-order valence-electron chi connectivity index (χ2n) is 5.27. The fourth-order valence-corrected chi connectivity index (χ4v) is 3.08. The Morgan fingerprint density at radius 1 is 1.40 bits per heavy atom. The van der Waals surface area contributed by atoms with Crippen molar-refractivity contribution in [3.63, 3.8) is 0 Å². The Hall–Kier alpha value is -1.22. The first-order valence-electron chi connectivity index (χ1n) is 7.34. The molecule has 0 aromatic heterocycles. The normalized spacial score (nSPS) is 22.3. The average molecular weight is 296 g/mol. The number of rotatable bonds is 5. The highest BCUT2D eigenvalue weighted by molar-refractivity contribution is 6.20. The Labute approximate surface area is 125 Å². The van der Waals surface area contributed by atoms with Crippen molar-refractivity contribution in [3.8, 4) is 5.75 Å². The average Bonchev–Trinajstić information content (AvgIpc) is 2.46. The van der Waals surface area contributed by atoms with Gasteiger partial charge in [-0.05, 0) is 44.2 Å². The molecule has 0 heterocycles. The molecule has 3 nitrogen and oxygen atoms in total. The number of ether oxygens (including phenoxy) is 1. The van der Waals surface area contributed by atoms with E-state index in [-0.39, 0.29) is 11.3 Å². The standard InChI is InChI=1S/C16H22ClNO2/c1-2-20-15-9-4-3-8-14(15)16(19)18-11-12-6-5-7-13(17)10-12/h3-4,8-9,12-13H,2,5-7,10-11H2,1H3,(H,18,19). The van der Waals surface area contributed by atoms with Gasteiger partial charge in [-0.15, -0.1) is 11.6 Å². The van der Waals surface area contributed by atoms with Gasteiger partial charge in [-0.1, -0.05) is 18.6 Å². The summed E-state index contributed by atoms with van der Waals surface area (Å²) in [6.07, 6.45) is 4.40. The minimum Gasteiger partial charge on any atom is -0.493 e. The Balaban J connectivity index is 1.91. The molecular weight excluding hydrogens is 274 g/mol. The van der Waals surface area contributed by atoms with E-state index >= 15 is 0 Å². The molecule has 1 amide bonds. The van der Waals surface area contributed by atoms with Crippen LogP contribution in [0.3, 0.4) is 0 Å². The maximum atomic E-state index is 12.2. The predicted molar refractivity (Wildman–Crippen MR) is 81.5 cm³/mol. The summed E-state index contributed by atoms with van der Waals surface area (Å²) in [5.41, 5.74) is 0.604. The van der Waals surface area contributed by atoms with Crippen molar-refractivity contribution in [2.24, 2.45) is 5.92 Å². The molecule has 2 rings (SSSR count). The summed E-state index contributed by atoms with van der Waals surface area (Å²) in [7, 11) is 0. The largest absolute Gasteiger partial charge is 0.493 e. The summed E-state index contributed by atoms with van der Waals surface area (Å²) < 4.78 is 5.49. The van der Waals surface area contributed by atoms with E-state index in [9.17, 15) is 4.79 Å². The molecule has 1 aliphatic carbocycles. The van der Waals surface area contributed by atoms with Crippen LogP contribution in [0.2, 0.25) is 0 Å². The molecule has 2 atom stereocenters. The Morgan fingerprint density at radius 3 is 2.95 bits per heavy atom. The lowest BCUT2D eigenvalue weighted by molar-refractivity contribution is 0.0940. The van der Waals surface area contributed by atoms with Gasteiger partial charge in [-0.25, -0.2) is 0 Å². The van der Waals surface area contributed by atoms with Gasteiger partial charge in [0, 0.05) is 11.9 Å². The molecule has 0 bridgehead atoms. The van der Waals surface area contributed by atoms with Crippen molar-refractivity contribution in [2.45, 2.75) is 38.0 Å². The number of benzene rings is 1. The maximum Gasteiger partial charge on any atom is 0.255 e. The van der Waals surface area contributed by atoms with Crippen molar-refractivity contribution < 1.29 is 9.53 Å². The van der Waals surface area contributed by atoms with E-state index in [0.29, 0.717) is 30.4 Å². The highest BCUT2D eigenvalue weighted by Gasteiger charge is 2.21. The van der Waals surface area contributed by atoms with Gasteiger partial charge in [0.2, 0.25) is 0 Å². The monoisotopic (exact) mass is 295 g/mol. The highest BCUT2D eigenvalue weighted by Crippen LogP contribution is 2.27. The molecule has 20 heavy (non-hydrogen) atoms. The molecular formula is C16H22ClNO2. The third-order valence-corrected chi connectivity index (χ3v) is 4.10. The first-order valence-corrected chi connectivity index (χ1v) is 7.78. The lowest BCUT2D eigenvalue weighted by Crippen LogP contribution is -2.32. The van der Waals surface area contributed by atoms with E-state index in [2.05, 4.69) is 5.32 Å². The zero-order chi connectivity index (χ0) is 14.4. The van der Waals surface area contributed by atoms with Crippen LogP contribution in [0.5, 0.6) is 5.75 Å². The van der Waals surface area contributed by atoms with Crippen molar-refractivity contribution in [3.05, 3.63) is 29.8 Å². The Bertz CT molecular complexity index is 450. The first-order chi connectivity index (χ1) is 9.70. The minimum atomic E-state index is -0.0641. The van der Waals surface area contributed by atoms with Crippen LogP contribution < -0.4 is 10.1 Å². The van der Waals surface area contributed by atoms with Crippen LogP contribution in [0, 0.1) is 5.92 Å². The molecule has 0 saturated heterocycles. The molecule has 2 unspecified atom stereocenters. The molecule has 1 aliphatic rings. The summed E-state index contributed by atoms with van der Waals surface area (Å²) in [6, 6.07) is 7.35. The Morgan fingerprint density at radius 2 is 2.20 bits per heavy atom. The van der Waals surface area contributed by atoms with Crippen molar-refractivity contribution >= 4 is 17.5 Å². The first kappa shape index (κ1) is 15.2. The van der Waals surface area contributed by atoms with Gasteiger partial charge in [0.1, 0.15) is 5.75 Å². The second-order valence-corrected chi connectivity index (χ2v) is 5.89. The fourth-order valence-electron chi connectivity index (χ4n) is 2.68. The lowest BCUT2D eigenvalue weighted by atomic mass is 9.89. The smallest absolute Gasteiger partial charge is 0.255 e. The van der Waals surface area contributed by atoms with Crippen LogP contribution in [0.15, 0.2) is 24.3 Å². The van der Waals surface area contributed by atoms with Gasteiger partial charge in [-0.2, -0.15) is 0 Å². The number of carbonyl (C=O) groups is 1. The van der Waals surface area contributed by atoms with E-state index in [1.807, 2.05) is 25.1 Å². The van der Waals surface area contributed by atoms with Gasteiger partial charge in [0.15, 0.2) is 0 Å². The highest BCUT2D eigenvalue weighted by atomic mass is 35.5. The molecule has 0 radical (unpaired) electrons. The molecule has 1 aromatic rings. The van der Waals surface area contributed by atoms with Crippen LogP contribution >= 0.6 is 11.6 Å². The molecule has 110 valence electrons. The molecule has 1 N–H and O–H groups in total. The van der Waals surface area contributed by atoms with Crippen LogP contribution in [0.25, 0.3) is 0 Å². The SMILES string of the molecule is CCOc1ccccc1C(=O)NCC1CCCC(Cl)C1. The molecule has 1 saturated carbocycles. The number of hydrogen-bond donors (Lipinski definition) is 1. The van der Waals surface area contributed by atoms with Gasteiger partial charge in [0.05, 0.1) is 12.2 Å². The van der Waals surface area contributed by atoms with E-state index < -0.39 is 0 Å². The molecule has 1 aromatic carbocycles. The summed E-state index contributed by atoms with van der Waals surface area (Å²) in [4.78, 5) is 12.2. The van der Waals surface area contributed by atoms with Gasteiger partial charge < -0.3 is 10.1 Å². The zero-order valence-electron chi connectivity index (χ0n) is 11.9. The number of nitrogens with one attached hydrogen (secondary N) is 1. The molecule has 0 aliphatic heterocycles. The topological polar surface area (TPSA) is 38.3 Å². The van der Waals surface area contributed by atoms with Gasteiger partial charge >= 0.3 is 0 Å². The van der Waals surface area contributed by atoms with E-state index in [0.717, 1.165) is 25.7 Å². The number of para-hydroxylation sites is 1. The van der Waals surface area contributed by atoms with Crippen molar-refractivity contribution in [1.29, 1.82) is 0 Å². The molecule has 4 heteroatoms. The third-order valence-electron chi connectivity index (χ3n) is 3.70. The van der Waals surface area contributed by atoms with Crippen molar-refractivity contribution in [2.75, 3.05) is 13.2 Å². The Kier molecular flexibility index (Phi) is 5.72. The van der Waals surface area contributed by atoms with Crippen molar-refractivity contribution in [1.82, 2.24) is 5.32 Å². The summed E-state index contributed by atoms with van der Waals surface area (Å²) in [6.45, 7) is 3.17. The van der Waals surface area contributed by atoms with Crippen LogP contribution in [-0.2, 0) is 0 Å². The molecule has 1 fully saturated rings. The van der Waals surface area contributed by atoms with Gasteiger partial charge in [-0.3, -0.25) is 4.79 Å². The number of halogens is 1. The number of alkyl halides is 1. The third kappa shape index (κ3) is 4.14. The fraction of sp³-hybridized carbons (Fsp3) is 0.562. The number of amides is 1.